The van der Waals surface area contributed by atoms with Gasteiger partial charge in [0.2, 0.25) is 12.9 Å². The molecule has 0 saturated carbocycles. The molecule has 156 valence electrons. The van der Waals surface area contributed by atoms with Gasteiger partial charge in [0.25, 0.3) is 0 Å². The molecule has 3 aromatic carbocycles. The standard InChI is InChI=1S/C24H19NO6/c1-15-4-2-3-5-19(15)23(24(26)27)31-21-11-18(8-7-17(21)12-25)28-13-16-6-9-20-22(10-16)30-14-29-20/h2-11,23H,13-14H2,1H3,(H,26,27)/t23-/m0/s1. The summed E-state index contributed by atoms with van der Waals surface area (Å²) in [4.78, 5) is 11.9. The van der Waals surface area contributed by atoms with E-state index in [1.165, 1.54) is 6.07 Å². The molecule has 1 aliphatic rings. The summed E-state index contributed by atoms with van der Waals surface area (Å²) in [7, 11) is 0. The van der Waals surface area contributed by atoms with E-state index >= 15 is 0 Å². The molecule has 1 aliphatic heterocycles. The molecular formula is C24H19NO6. The Morgan fingerprint density at radius 1 is 1.13 bits per heavy atom. The summed E-state index contributed by atoms with van der Waals surface area (Å²) in [5.41, 5.74) is 2.39. The highest BCUT2D eigenvalue weighted by Gasteiger charge is 2.25. The van der Waals surface area contributed by atoms with E-state index in [4.69, 9.17) is 18.9 Å². The number of hydrogen-bond acceptors (Lipinski definition) is 6. The van der Waals surface area contributed by atoms with Crippen molar-refractivity contribution in [3.63, 3.8) is 0 Å². The second kappa shape index (κ2) is 8.67. The van der Waals surface area contributed by atoms with Crippen LogP contribution in [0.3, 0.4) is 0 Å². The third kappa shape index (κ3) is 4.38. The highest BCUT2D eigenvalue weighted by molar-refractivity contribution is 5.75. The zero-order valence-corrected chi connectivity index (χ0v) is 16.7. The SMILES string of the molecule is Cc1ccccc1[C@H](Oc1cc(OCc2ccc3c(c2)OCO3)ccc1C#N)C(=O)O. The number of fused-ring (bicyclic) bond motifs is 1. The van der Waals surface area contributed by atoms with E-state index in [0.29, 0.717) is 22.8 Å². The lowest BCUT2D eigenvalue weighted by Crippen LogP contribution is -2.19. The molecule has 1 N–H and O–H groups in total. The molecule has 0 saturated heterocycles. The lowest BCUT2D eigenvalue weighted by atomic mass is 10.0. The Balaban J connectivity index is 1.55. The molecular weight excluding hydrogens is 398 g/mol. The third-order valence-electron chi connectivity index (χ3n) is 4.86. The van der Waals surface area contributed by atoms with Crippen molar-refractivity contribution in [1.82, 2.24) is 0 Å². The Morgan fingerprint density at radius 3 is 2.71 bits per heavy atom. The molecule has 4 rings (SSSR count). The monoisotopic (exact) mass is 417 g/mol. The van der Waals surface area contributed by atoms with Crippen LogP contribution in [-0.2, 0) is 11.4 Å². The quantitative estimate of drug-likeness (QED) is 0.609. The fourth-order valence-electron chi connectivity index (χ4n) is 3.23. The molecule has 0 spiro atoms. The first kappa shape index (κ1) is 20.1. The molecule has 0 radical (unpaired) electrons. The maximum Gasteiger partial charge on any atom is 0.349 e. The van der Waals surface area contributed by atoms with Crippen LogP contribution in [0.1, 0.15) is 28.4 Å². The summed E-state index contributed by atoms with van der Waals surface area (Å²) in [6.07, 6.45) is -1.25. The number of rotatable bonds is 7. The van der Waals surface area contributed by atoms with E-state index in [2.05, 4.69) is 0 Å². The van der Waals surface area contributed by atoms with Gasteiger partial charge in [-0.25, -0.2) is 4.79 Å². The minimum Gasteiger partial charge on any atom is -0.489 e. The number of nitrogens with zero attached hydrogens (tertiary/aromatic N) is 1. The maximum atomic E-state index is 11.9. The Bertz CT molecular complexity index is 1170. The van der Waals surface area contributed by atoms with Gasteiger partial charge in [0, 0.05) is 11.6 Å². The molecule has 7 nitrogen and oxygen atoms in total. The van der Waals surface area contributed by atoms with Crippen LogP contribution in [0.15, 0.2) is 60.7 Å². The first-order valence-electron chi connectivity index (χ1n) is 9.55. The normalized spacial score (nSPS) is 12.6. The lowest BCUT2D eigenvalue weighted by Gasteiger charge is -2.19. The molecule has 0 unspecified atom stereocenters. The summed E-state index contributed by atoms with van der Waals surface area (Å²) < 4.78 is 22.3. The van der Waals surface area contributed by atoms with Crippen molar-refractivity contribution in [1.29, 1.82) is 5.26 Å². The van der Waals surface area contributed by atoms with Gasteiger partial charge in [0.15, 0.2) is 11.5 Å². The van der Waals surface area contributed by atoms with Gasteiger partial charge in [-0.05, 0) is 42.3 Å². The van der Waals surface area contributed by atoms with Crippen LogP contribution >= 0.6 is 0 Å². The van der Waals surface area contributed by atoms with Crippen LogP contribution < -0.4 is 18.9 Å². The van der Waals surface area contributed by atoms with Crippen molar-refractivity contribution in [2.24, 2.45) is 0 Å². The predicted octanol–water partition coefficient (Wildman–Crippen LogP) is 4.38. The molecule has 3 aromatic rings. The molecule has 0 bridgehead atoms. The van der Waals surface area contributed by atoms with Gasteiger partial charge in [-0.2, -0.15) is 5.26 Å². The number of nitriles is 1. The van der Waals surface area contributed by atoms with Gasteiger partial charge in [-0.3, -0.25) is 0 Å². The molecule has 7 heteroatoms. The number of ether oxygens (including phenoxy) is 4. The lowest BCUT2D eigenvalue weighted by molar-refractivity contribution is -0.145. The third-order valence-corrected chi connectivity index (χ3v) is 4.86. The van der Waals surface area contributed by atoms with E-state index < -0.39 is 12.1 Å². The second-order valence-corrected chi connectivity index (χ2v) is 6.94. The second-order valence-electron chi connectivity index (χ2n) is 6.94. The van der Waals surface area contributed by atoms with Gasteiger partial charge >= 0.3 is 5.97 Å². The maximum absolute atomic E-state index is 11.9. The van der Waals surface area contributed by atoms with Crippen LogP contribution in [0.5, 0.6) is 23.0 Å². The number of carbonyl (C=O) groups is 1. The van der Waals surface area contributed by atoms with Crippen molar-refractivity contribution < 1.29 is 28.8 Å². The smallest absolute Gasteiger partial charge is 0.349 e. The van der Waals surface area contributed by atoms with Crippen molar-refractivity contribution in [2.45, 2.75) is 19.6 Å². The van der Waals surface area contributed by atoms with Gasteiger partial charge in [-0.1, -0.05) is 30.3 Å². The van der Waals surface area contributed by atoms with Crippen LogP contribution in [0, 0.1) is 18.3 Å². The van der Waals surface area contributed by atoms with Gasteiger partial charge in [0.1, 0.15) is 24.2 Å². The number of hydrogen-bond donors (Lipinski definition) is 1. The zero-order chi connectivity index (χ0) is 21.8. The van der Waals surface area contributed by atoms with E-state index in [1.54, 1.807) is 24.3 Å². The van der Waals surface area contributed by atoms with Crippen LogP contribution in [0.4, 0.5) is 0 Å². The Hall–Kier alpha value is -4.18. The number of aryl methyl sites for hydroxylation is 1. The fraction of sp³-hybridized carbons (Fsp3) is 0.167. The summed E-state index contributed by atoms with van der Waals surface area (Å²) in [5, 5.41) is 19.2. The molecule has 0 aromatic heterocycles. The Kier molecular flexibility index (Phi) is 5.63. The largest absolute Gasteiger partial charge is 0.489 e. The van der Waals surface area contributed by atoms with Crippen LogP contribution in [0.2, 0.25) is 0 Å². The minimum absolute atomic E-state index is 0.140. The van der Waals surface area contributed by atoms with Crippen molar-refractivity contribution >= 4 is 5.97 Å². The average Bonchev–Trinajstić information content (AvgIpc) is 3.24. The summed E-state index contributed by atoms with van der Waals surface area (Å²) >= 11 is 0. The van der Waals surface area contributed by atoms with E-state index in [9.17, 15) is 15.2 Å². The first-order valence-corrected chi connectivity index (χ1v) is 9.55. The number of carboxylic acid groups (broad SMARTS) is 1. The highest BCUT2D eigenvalue weighted by atomic mass is 16.7. The number of aliphatic carboxylic acids is 1. The average molecular weight is 417 g/mol. The predicted molar refractivity (Wildman–Crippen MR) is 110 cm³/mol. The first-order chi connectivity index (χ1) is 15.0. The summed E-state index contributed by atoms with van der Waals surface area (Å²) in [5.74, 6) is 0.785. The molecule has 1 heterocycles. The van der Waals surface area contributed by atoms with Gasteiger partial charge in [-0.15, -0.1) is 0 Å². The van der Waals surface area contributed by atoms with Gasteiger partial charge in [0.05, 0.1) is 5.56 Å². The Labute approximate surface area is 179 Å². The summed E-state index contributed by atoms with van der Waals surface area (Å²) in [6.45, 7) is 2.26. The minimum atomic E-state index is -1.25. The fourth-order valence-corrected chi connectivity index (χ4v) is 3.23. The van der Waals surface area contributed by atoms with Crippen LogP contribution in [-0.4, -0.2) is 17.9 Å². The Morgan fingerprint density at radius 2 is 1.94 bits per heavy atom. The van der Waals surface area contributed by atoms with E-state index in [0.717, 1.165) is 11.1 Å². The van der Waals surface area contributed by atoms with Crippen molar-refractivity contribution in [3.8, 4) is 29.1 Å². The molecule has 0 aliphatic carbocycles. The van der Waals surface area contributed by atoms with E-state index in [1.807, 2.05) is 43.3 Å². The molecule has 0 amide bonds. The van der Waals surface area contributed by atoms with Crippen LogP contribution in [0.25, 0.3) is 0 Å². The van der Waals surface area contributed by atoms with Gasteiger partial charge < -0.3 is 24.1 Å². The molecule has 1 atom stereocenters. The summed E-state index contributed by atoms with van der Waals surface area (Å²) in [6, 6.07) is 19.3. The molecule has 31 heavy (non-hydrogen) atoms. The zero-order valence-electron chi connectivity index (χ0n) is 16.7. The van der Waals surface area contributed by atoms with Crippen molar-refractivity contribution in [3.05, 3.63) is 82.9 Å². The number of carboxylic acids is 1. The topological polar surface area (TPSA) is 98.0 Å². The molecule has 0 fully saturated rings. The van der Waals surface area contributed by atoms with E-state index in [-0.39, 0.29) is 24.7 Å². The van der Waals surface area contributed by atoms with Crippen molar-refractivity contribution in [2.75, 3.05) is 6.79 Å². The highest BCUT2D eigenvalue weighted by Crippen LogP contribution is 2.34. The number of benzene rings is 3.